The monoisotopic (exact) mass is 282 g/mol. The van der Waals surface area contributed by atoms with Crippen LogP contribution in [0.4, 0.5) is 11.4 Å². The number of benzene rings is 1. The zero-order chi connectivity index (χ0) is 14.7. The Bertz CT molecular complexity index is 603. The second-order valence-corrected chi connectivity index (χ2v) is 5.73. The molecule has 2 heterocycles. The molecule has 3 rings (SSSR count). The van der Waals surface area contributed by atoms with E-state index in [0.29, 0.717) is 0 Å². The van der Waals surface area contributed by atoms with Crippen LogP contribution in [0.1, 0.15) is 11.1 Å². The molecule has 21 heavy (non-hydrogen) atoms. The van der Waals surface area contributed by atoms with E-state index in [-0.39, 0.29) is 0 Å². The van der Waals surface area contributed by atoms with Gasteiger partial charge in [0.1, 0.15) is 0 Å². The molecule has 0 bridgehead atoms. The number of nitrogens with two attached hydrogens (primary N) is 1. The molecular formula is C17H22N4. The largest absolute Gasteiger partial charge is 0.399 e. The predicted molar refractivity (Wildman–Crippen MR) is 87.3 cm³/mol. The lowest BCUT2D eigenvalue weighted by atomic mass is 10.2. The van der Waals surface area contributed by atoms with Crippen molar-refractivity contribution >= 4 is 11.4 Å². The molecule has 0 spiro atoms. The molecule has 4 nitrogen and oxygen atoms in total. The van der Waals surface area contributed by atoms with Gasteiger partial charge in [0, 0.05) is 56.5 Å². The number of rotatable bonds is 3. The van der Waals surface area contributed by atoms with Crippen LogP contribution in [0.25, 0.3) is 0 Å². The van der Waals surface area contributed by atoms with E-state index in [2.05, 4.69) is 39.9 Å². The third-order valence-corrected chi connectivity index (χ3v) is 3.95. The molecule has 1 aromatic carbocycles. The van der Waals surface area contributed by atoms with Gasteiger partial charge in [-0.1, -0.05) is 12.1 Å². The summed E-state index contributed by atoms with van der Waals surface area (Å²) in [5.41, 5.74) is 10.5. The fourth-order valence-electron chi connectivity index (χ4n) is 2.85. The molecule has 4 heteroatoms. The summed E-state index contributed by atoms with van der Waals surface area (Å²) < 4.78 is 0. The van der Waals surface area contributed by atoms with E-state index in [1.54, 1.807) is 0 Å². The lowest BCUT2D eigenvalue weighted by Crippen LogP contribution is -2.46. The van der Waals surface area contributed by atoms with E-state index in [1.165, 1.54) is 16.8 Å². The Morgan fingerprint density at radius 2 is 1.90 bits per heavy atom. The maximum Gasteiger partial charge on any atom is 0.0387 e. The highest BCUT2D eigenvalue weighted by atomic mass is 15.3. The minimum absolute atomic E-state index is 0.834. The van der Waals surface area contributed by atoms with E-state index in [1.807, 2.05) is 24.5 Å². The Labute approximate surface area is 126 Å². The van der Waals surface area contributed by atoms with Crippen LogP contribution in [0.3, 0.4) is 0 Å². The van der Waals surface area contributed by atoms with Gasteiger partial charge in [0.2, 0.25) is 0 Å². The quantitative estimate of drug-likeness (QED) is 0.877. The van der Waals surface area contributed by atoms with Crippen LogP contribution < -0.4 is 10.6 Å². The first kappa shape index (κ1) is 13.9. The second-order valence-electron chi connectivity index (χ2n) is 5.73. The van der Waals surface area contributed by atoms with Crippen LogP contribution in [-0.2, 0) is 6.54 Å². The van der Waals surface area contributed by atoms with Crippen molar-refractivity contribution in [2.75, 3.05) is 36.8 Å². The summed E-state index contributed by atoms with van der Waals surface area (Å²) in [6.07, 6.45) is 3.87. The number of anilines is 2. The summed E-state index contributed by atoms with van der Waals surface area (Å²) in [6, 6.07) is 10.4. The Morgan fingerprint density at radius 3 is 2.62 bits per heavy atom. The van der Waals surface area contributed by atoms with Crippen LogP contribution >= 0.6 is 0 Å². The first-order chi connectivity index (χ1) is 10.2. The number of nitrogen functional groups attached to an aromatic ring is 1. The van der Waals surface area contributed by atoms with Gasteiger partial charge in [-0.25, -0.2) is 0 Å². The molecule has 2 aromatic rings. The van der Waals surface area contributed by atoms with E-state index in [9.17, 15) is 0 Å². The molecule has 0 radical (unpaired) electrons. The zero-order valence-corrected chi connectivity index (χ0v) is 12.5. The van der Waals surface area contributed by atoms with Gasteiger partial charge in [0.05, 0.1) is 0 Å². The molecule has 0 unspecified atom stereocenters. The van der Waals surface area contributed by atoms with Crippen LogP contribution in [0.5, 0.6) is 0 Å². The SMILES string of the molecule is Cc1cncc(CN2CCN(c3cccc(N)c3)CC2)c1. The van der Waals surface area contributed by atoms with Gasteiger partial charge in [0.25, 0.3) is 0 Å². The highest BCUT2D eigenvalue weighted by molar-refractivity contribution is 5.56. The van der Waals surface area contributed by atoms with E-state index in [0.717, 1.165) is 38.4 Å². The van der Waals surface area contributed by atoms with E-state index >= 15 is 0 Å². The first-order valence-corrected chi connectivity index (χ1v) is 7.44. The molecule has 2 N–H and O–H groups in total. The Balaban J connectivity index is 1.58. The number of piperazine rings is 1. The van der Waals surface area contributed by atoms with Crippen molar-refractivity contribution in [3.8, 4) is 0 Å². The van der Waals surface area contributed by atoms with Gasteiger partial charge in [-0.2, -0.15) is 0 Å². The summed E-state index contributed by atoms with van der Waals surface area (Å²) in [6.45, 7) is 7.31. The lowest BCUT2D eigenvalue weighted by Gasteiger charge is -2.36. The van der Waals surface area contributed by atoms with Gasteiger partial charge in [-0.15, -0.1) is 0 Å². The third-order valence-electron chi connectivity index (χ3n) is 3.95. The van der Waals surface area contributed by atoms with Crippen molar-refractivity contribution < 1.29 is 0 Å². The number of hydrogen-bond acceptors (Lipinski definition) is 4. The van der Waals surface area contributed by atoms with E-state index < -0.39 is 0 Å². The number of aryl methyl sites for hydroxylation is 1. The summed E-state index contributed by atoms with van der Waals surface area (Å²) in [7, 11) is 0. The molecule has 1 fully saturated rings. The Kier molecular flexibility index (Phi) is 4.06. The van der Waals surface area contributed by atoms with Gasteiger partial charge < -0.3 is 10.6 Å². The minimum Gasteiger partial charge on any atom is -0.399 e. The molecule has 0 aliphatic carbocycles. The number of nitrogens with zero attached hydrogens (tertiary/aromatic N) is 3. The molecule has 1 aliphatic heterocycles. The molecule has 0 amide bonds. The molecule has 0 saturated carbocycles. The maximum absolute atomic E-state index is 5.86. The zero-order valence-electron chi connectivity index (χ0n) is 12.5. The van der Waals surface area contributed by atoms with Gasteiger partial charge >= 0.3 is 0 Å². The highest BCUT2D eigenvalue weighted by Gasteiger charge is 2.17. The van der Waals surface area contributed by atoms with E-state index in [4.69, 9.17) is 5.73 Å². The average molecular weight is 282 g/mol. The van der Waals surface area contributed by atoms with Crippen molar-refractivity contribution in [1.82, 2.24) is 9.88 Å². The molecule has 110 valence electrons. The maximum atomic E-state index is 5.86. The normalized spacial score (nSPS) is 16.1. The van der Waals surface area contributed by atoms with Crippen molar-refractivity contribution in [2.24, 2.45) is 0 Å². The molecule has 0 atom stereocenters. The standard InChI is InChI=1S/C17H22N4/c1-14-9-15(12-19-11-14)13-20-5-7-21(8-6-20)17-4-2-3-16(18)10-17/h2-4,9-12H,5-8,13,18H2,1H3. The van der Waals surface area contributed by atoms with Crippen LogP contribution in [0, 0.1) is 6.92 Å². The average Bonchev–Trinajstić information content (AvgIpc) is 2.48. The summed E-state index contributed by atoms with van der Waals surface area (Å²) >= 11 is 0. The number of pyridine rings is 1. The second kappa shape index (κ2) is 6.14. The minimum atomic E-state index is 0.834. The van der Waals surface area contributed by atoms with Crippen molar-refractivity contribution in [3.63, 3.8) is 0 Å². The summed E-state index contributed by atoms with van der Waals surface area (Å²) in [5.74, 6) is 0. The Hall–Kier alpha value is -2.07. The smallest absolute Gasteiger partial charge is 0.0387 e. The molecule has 1 aromatic heterocycles. The van der Waals surface area contributed by atoms with Crippen LogP contribution in [0.15, 0.2) is 42.7 Å². The van der Waals surface area contributed by atoms with Gasteiger partial charge in [-0.3, -0.25) is 9.88 Å². The van der Waals surface area contributed by atoms with Crippen LogP contribution in [-0.4, -0.2) is 36.1 Å². The number of hydrogen-bond donors (Lipinski definition) is 1. The molecule has 1 saturated heterocycles. The summed E-state index contributed by atoms with van der Waals surface area (Å²) in [4.78, 5) is 9.16. The van der Waals surface area contributed by atoms with Crippen molar-refractivity contribution in [3.05, 3.63) is 53.9 Å². The highest BCUT2D eigenvalue weighted by Crippen LogP contribution is 2.19. The fraction of sp³-hybridized carbons (Fsp3) is 0.353. The van der Waals surface area contributed by atoms with Gasteiger partial charge in [0.15, 0.2) is 0 Å². The third kappa shape index (κ3) is 3.52. The topological polar surface area (TPSA) is 45.4 Å². The number of aromatic nitrogens is 1. The Morgan fingerprint density at radius 1 is 1.10 bits per heavy atom. The fourth-order valence-corrected chi connectivity index (χ4v) is 2.85. The predicted octanol–water partition coefficient (Wildman–Crippen LogP) is 2.29. The summed E-state index contributed by atoms with van der Waals surface area (Å²) in [5, 5.41) is 0. The lowest BCUT2D eigenvalue weighted by molar-refractivity contribution is 0.249. The van der Waals surface area contributed by atoms with Crippen molar-refractivity contribution in [2.45, 2.75) is 13.5 Å². The molecule has 1 aliphatic rings. The molecular weight excluding hydrogens is 260 g/mol. The van der Waals surface area contributed by atoms with Gasteiger partial charge in [-0.05, 0) is 36.2 Å². The first-order valence-electron chi connectivity index (χ1n) is 7.44. The van der Waals surface area contributed by atoms with Crippen molar-refractivity contribution in [1.29, 1.82) is 0 Å². The van der Waals surface area contributed by atoms with Crippen LogP contribution in [0.2, 0.25) is 0 Å².